The molecule has 0 spiro atoms. The zero-order valence-corrected chi connectivity index (χ0v) is 13.2. The largest absolute Gasteiger partial charge is 0.468 e. The molecule has 114 valence electrons. The maximum Gasteiger partial charge on any atom is 0.122 e. The predicted molar refractivity (Wildman–Crippen MR) is 84.9 cm³/mol. The van der Waals surface area contributed by atoms with E-state index in [-0.39, 0.29) is 0 Å². The third-order valence-corrected chi connectivity index (χ3v) is 3.55. The summed E-state index contributed by atoms with van der Waals surface area (Å²) in [5.41, 5.74) is 3.44. The van der Waals surface area contributed by atoms with Crippen molar-refractivity contribution < 1.29 is 4.42 Å². The molecule has 0 bridgehead atoms. The molecule has 4 heteroatoms. The number of aryl methyl sites for hydroxylation is 1. The van der Waals surface area contributed by atoms with Crippen LogP contribution in [0.4, 0.5) is 0 Å². The van der Waals surface area contributed by atoms with Gasteiger partial charge in [0, 0.05) is 24.3 Å². The number of nitrogens with zero attached hydrogens (tertiary/aromatic N) is 2. The molecule has 2 heterocycles. The van der Waals surface area contributed by atoms with Gasteiger partial charge in [-0.1, -0.05) is 19.9 Å². The summed E-state index contributed by atoms with van der Waals surface area (Å²) in [6, 6.07) is 8.26. The fraction of sp³-hybridized carbons (Fsp3) is 0.471. The number of nitrogens with one attached hydrogen (secondary N) is 1. The highest BCUT2D eigenvalue weighted by atomic mass is 16.3. The topological polar surface area (TPSA) is 41.3 Å². The quantitative estimate of drug-likeness (QED) is 0.810. The monoisotopic (exact) mass is 287 g/mol. The number of pyridine rings is 1. The second-order valence-corrected chi connectivity index (χ2v) is 5.22. The molecular weight excluding hydrogens is 262 g/mol. The van der Waals surface area contributed by atoms with Crippen molar-refractivity contribution in [3.05, 3.63) is 53.2 Å². The zero-order chi connectivity index (χ0) is 15.1. The Labute approximate surface area is 127 Å². The van der Waals surface area contributed by atoms with Crippen LogP contribution in [0.3, 0.4) is 0 Å². The molecule has 2 aromatic heterocycles. The summed E-state index contributed by atoms with van der Waals surface area (Å²) in [4.78, 5) is 6.96. The number of rotatable bonds is 8. The summed E-state index contributed by atoms with van der Waals surface area (Å²) in [5.74, 6) is 1.03. The van der Waals surface area contributed by atoms with E-state index in [2.05, 4.69) is 47.2 Å². The molecule has 0 fully saturated rings. The van der Waals surface area contributed by atoms with Gasteiger partial charge in [0.1, 0.15) is 5.76 Å². The summed E-state index contributed by atoms with van der Waals surface area (Å²) in [5, 5.41) is 3.31. The molecule has 0 amide bonds. The van der Waals surface area contributed by atoms with E-state index in [9.17, 15) is 0 Å². The van der Waals surface area contributed by atoms with E-state index in [1.807, 2.05) is 13.0 Å². The van der Waals surface area contributed by atoms with Crippen LogP contribution in [-0.4, -0.2) is 23.0 Å². The van der Waals surface area contributed by atoms with Gasteiger partial charge < -0.3 is 9.73 Å². The van der Waals surface area contributed by atoms with E-state index in [4.69, 9.17) is 4.42 Å². The summed E-state index contributed by atoms with van der Waals surface area (Å²) < 4.78 is 5.58. The number of aromatic nitrogens is 1. The SMILES string of the molecule is CCNCc1occc1CN(CC)Cc1cccc(C)n1. The van der Waals surface area contributed by atoms with Crippen LogP contribution in [0.5, 0.6) is 0 Å². The lowest BCUT2D eigenvalue weighted by molar-refractivity contribution is 0.265. The van der Waals surface area contributed by atoms with E-state index in [0.717, 1.165) is 49.9 Å². The first kappa shape index (κ1) is 15.7. The Morgan fingerprint density at radius 3 is 2.76 bits per heavy atom. The number of furan rings is 1. The molecule has 0 saturated heterocycles. The van der Waals surface area contributed by atoms with Gasteiger partial charge in [-0.3, -0.25) is 9.88 Å². The van der Waals surface area contributed by atoms with Crippen LogP contribution in [0.25, 0.3) is 0 Å². The van der Waals surface area contributed by atoms with Crippen molar-refractivity contribution in [2.75, 3.05) is 13.1 Å². The van der Waals surface area contributed by atoms with Crippen molar-refractivity contribution in [1.29, 1.82) is 0 Å². The minimum Gasteiger partial charge on any atom is -0.468 e. The Hall–Kier alpha value is -1.65. The Morgan fingerprint density at radius 1 is 1.19 bits per heavy atom. The van der Waals surface area contributed by atoms with Crippen LogP contribution >= 0.6 is 0 Å². The molecule has 21 heavy (non-hydrogen) atoms. The summed E-state index contributed by atoms with van der Waals surface area (Å²) in [6.45, 7) is 10.8. The van der Waals surface area contributed by atoms with Crippen LogP contribution in [-0.2, 0) is 19.6 Å². The van der Waals surface area contributed by atoms with E-state index >= 15 is 0 Å². The fourth-order valence-electron chi connectivity index (χ4n) is 2.34. The molecule has 0 aromatic carbocycles. The molecule has 0 radical (unpaired) electrons. The van der Waals surface area contributed by atoms with E-state index < -0.39 is 0 Å². The van der Waals surface area contributed by atoms with Gasteiger partial charge in [0.25, 0.3) is 0 Å². The second kappa shape index (κ2) is 7.96. The molecule has 2 rings (SSSR count). The van der Waals surface area contributed by atoms with Gasteiger partial charge in [0.2, 0.25) is 0 Å². The first-order valence-corrected chi connectivity index (χ1v) is 7.63. The van der Waals surface area contributed by atoms with Gasteiger partial charge >= 0.3 is 0 Å². The van der Waals surface area contributed by atoms with E-state index in [1.54, 1.807) is 6.26 Å². The van der Waals surface area contributed by atoms with Crippen molar-refractivity contribution in [1.82, 2.24) is 15.2 Å². The molecule has 0 aliphatic rings. The Bertz CT molecular complexity index is 550. The maximum atomic E-state index is 5.58. The molecule has 0 unspecified atom stereocenters. The van der Waals surface area contributed by atoms with Crippen molar-refractivity contribution in [3.63, 3.8) is 0 Å². The van der Waals surface area contributed by atoms with Crippen LogP contribution in [0, 0.1) is 6.92 Å². The molecular formula is C17H25N3O. The lowest BCUT2D eigenvalue weighted by atomic mass is 10.2. The average molecular weight is 287 g/mol. The van der Waals surface area contributed by atoms with E-state index in [1.165, 1.54) is 5.56 Å². The van der Waals surface area contributed by atoms with E-state index in [0.29, 0.717) is 0 Å². The van der Waals surface area contributed by atoms with Crippen molar-refractivity contribution in [2.24, 2.45) is 0 Å². The molecule has 0 aliphatic heterocycles. The minimum absolute atomic E-state index is 0.791. The first-order chi connectivity index (χ1) is 10.2. The van der Waals surface area contributed by atoms with Crippen LogP contribution in [0.1, 0.15) is 36.6 Å². The van der Waals surface area contributed by atoms with Gasteiger partial charge in [-0.2, -0.15) is 0 Å². The highest BCUT2D eigenvalue weighted by molar-refractivity contribution is 5.17. The van der Waals surface area contributed by atoms with Crippen molar-refractivity contribution in [3.8, 4) is 0 Å². The van der Waals surface area contributed by atoms with Crippen molar-refractivity contribution >= 4 is 0 Å². The fourth-order valence-corrected chi connectivity index (χ4v) is 2.34. The Balaban J connectivity index is 2.00. The van der Waals surface area contributed by atoms with Gasteiger partial charge in [-0.15, -0.1) is 0 Å². The smallest absolute Gasteiger partial charge is 0.122 e. The molecule has 0 saturated carbocycles. The minimum atomic E-state index is 0.791. The first-order valence-electron chi connectivity index (χ1n) is 7.63. The third-order valence-electron chi connectivity index (χ3n) is 3.55. The van der Waals surface area contributed by atoms with Crippen LogP contribution in [0.15, 0.2) is 34.9 Å². The Morgan fingerprint density at radius 2 is 2.05 bits per heavy atom. The lowest BCUT2D eigenvalue weighted by Crippen LogP contribution is -2.24. The van der Waals surface area contributed by atoms with Gasteiger partial charge in [0.15, 0.2) is 0 Å². The molecule has 1 N–H and O–H groups in total. The van der Waals surface area contributed by atoms with Crippen LogP contribution in [0.2, 0.25) is 0 Å². The summed E-state index contributed by atoms with van der Waals surface area (Å²) >= 11 is 0. The molecule has 0 aliphatic carbocycles. The lowest BCUT2D eigenvalue weighted by Gasteiger charge is -2.20. The highest BCUT2D eigenvalue weighted by Crippen LogP contribution is 2.15. The van der Waals surface area contributed by atoms with Crippen LogP contribution < -0.4 is 5.32 Å². The highest BCUT2D eigenvalue weighted by Gasteiger charge is 2.11. The predicted octanol–water partition coefficient (Wildman–Crippen LogP) is 3.11. The molecule has 2 aromatic rings. The third kappa shape index (κ3) is 4.69. The molecule has 4 nitrogen and oxygen atoms in total. The van der Waals surface area contributed by atoms with Gasteiger partial charge in [-0.25, -0.2) is 0 Å². The molecule has 0 atom stereocenters. The normalized spacial score (nSPS) is 11.2. The summed E-state index contributed by atoms with van der Waals surface area (Å²) in [6.07, 6.45) is 1.78. The van der Waals surface area contributed by atoms with Gasteiger partial charge in [0.05, 0.1) is 18.5 Å². The Kier molecular flexibility index (Phi) is 5.96. The standard InChI is InChI=1S/C17H25N3O/c1-4-18-11-17-15(9-10-21-17)12-20(5-2)13-16-8-6-7-14(3)19-16/h6-10,18H,4-5,11-13H2,1-3H3. The summed E-state index contributed by atoms with van der Waals surface area (Å²) in [7, 11) is 0. The zero-order valence-electron chi connectivity index (χ0n) is 13.2. The second-order valence-electron chi connectivity index (χ2n) is 5.22. The van der Waals surface area contributed by atoms with Gasteiger partial charge in [-0.05, 0) is 38.2 Å². The number of hydrogen-bond acceptors (Lipinski definition) is 4. The van der Waals surface area contributed by atoms with Crippen molar-refractivity contribution in [2.45, 2.75) is 40.4 Å². The number of hydrogen-bond donors (Lipinski definition) is 1. The maximum absolute atomic E-state index is 5.58. The average Bonchev–Trinajstić information content (AvgIpc) is 2.91.